The maximum absolute atomic E-state index is 14.4. The molecule has 4 aliphatic rings. The normalized spacial score (nSPS) is 39.0. The predicted octanol–water partition coefficient (Wildman–Crippen LogP) is 3.87. The Bertz CT molecular complexity index is 1690. The number of hydrogen-bond acceptors (Lipinski definition) is 13. The first-order valence-corrected chi connectivity index (χ1v) is 23.0. The van der Waals surface area contributed by atoms with Crippen LogP contribution in [0, 0.1) is 29.6 Å². The van der Waals surface area contributed by atoms with Crippen LogP contribution in [0.3, 0.4) is 0 Å². The molecule has 0 aromatic heterocycles. The lowest BCUT2D eigenvalue weighted by Gasteiger charge is -2.47. The summed E-state index contributed by atoms with van der Waals surface area (Å²) in [5.41, 5.74) is 1.52. The minimum atomic E-state index is -4.47. The number of allylic oxidation sites excluding steroid dienone is 3. The van der Waals surface area contributed by atoms with E-state index >= 15 is 0 Å². The van der Waals surface area contributed by atoms with Gasteiger partial charge in [0.05, 0.1) is 30.5 Å². The zero-order chi connectivity index (χ0) is 44.7. The Hall–Kier alpha value is -2.61. The highest BCUT2D eigenvalue weighted by atomic mass is 32.2. The number of nitrogens with one attached hydrogen (secondary N) is 1. The number of cyclic esters (lactones) is 1. The van der Waals surface area contributed by atoms with Crippen molar-refractivity contribution in [2.75, 3.05) is 27.9 Å². The highest BCUT2D eigenvalue weighted by molar-refractivity contribution is 7.83. The number of ether oxygens (including phenoxy) is 5. The zero-order valence-electron chi connectivity index (χ0n) is 36.8. The lowest BCUT2D eigenvalue weighted by Crippen LogP contribution is -2.64. The van der Waals surface area contributed by atoms with E-state index in [9.17, 15) is 42.4 Å². The third-order valence-electron chi connectivity index (χ3n) is 13.2. The summed E-state index contributed by atoms with van der Waals surface area (Å²) < 4.78 is 64.6. The van der Waals surface area contributed by atoms with E-state index < -0.39 is 100 Å². The van der Waals surface area contributed by atoms with Gasteiger partial charge in [-0.05, 0) is 95.5 Å². The van der Waals surface area contributed by atoms with Crippen LogP contribution in [0.25, 0.3) is 0 Å². The number of methoxy groups -OCH3 is 3. The molecule has 4 rings (SSSR count). The van der Waals surface area contributed by atoms with Crippen LogP contribution in [-0.2, 0) is 53.2 Å². The number of amides is 1. The van der Waals surface area contributed by atoms with Crippen LogP contribution < -0.4 is 4.72 Å². The van der Waals surface area contributed by atoms with Crippen molar-refractivity contribution in [1.82, 2.24) is 9.62 Å². The van der Waals surface area contributed by atoms with Gasteiger partial charge in [-0.2, -0.15) is 13.1 Å². The third kappa shape index (κ3) is 12.3. The second-order valence-electron chi connectivity index (χ2n) is 17.8. The zero-order valence-corrected chi connectivity index (χ0v) is 37.6. The van der Waals surface area contributed by atoms with Crippen molar-refractivity contribution in [3.8, 4) is 0 Å². The lowest BCUT2D eigenvalue weighted by atomic mass is 9.81. The molecule has 16 nitrogen and oxygen atoms in total. The molecule has 1 saturated carbocycles. The molecule has 3 fully saturated rings. The molecule has 0 aromatic carbocycles. The number of nitrogens with zero attached hydrogens (tertiary/aromatic N) is 1. The van der Waals surface area contributed by atoms with Crippen molar-refractivity contribution in [2.24, 2.45) is 29.6 Å². The molecule has 17 heteroatoms. The number of rotatable bonds is 8. The van der Waals surface area contributed by atoms with Crippen LogP contribution in [0.5, 0.6) is 0 Å². The molecule has 14 atom stereocenters. The average Bonchev–Trinajstić information content (AvgIpc) is 3.20. The fraction of sp³-hybridized carbons (Fsp3) is 0.814. The van der Waals surface area contributed by atoms with E-state index in [2.05, 4.69) is 4.72 Å². The van der Waals surface area contributed by atoms with Crippen LogP contribution in [0.2, 0.25) is 0 Å². The fourth-order valence-electron chi connectivity index (χ4n) is 9.74. The summed E-state index contributed by atoms with van der Waals surface area (Å²) in [6, 6.07) is -1.85. The highest BCUT2D eigenvalue weighted by Gasteiger charge is 2.56. The van der Waals surface area contributed by atoms with Crippen LogP contribution in [-0.4, -0.2) is 134 Å². The van der Waals surface area contributed by atoms with Gasteiger partial charge in [-0.25, -0.2) is 4.79 Å². The number of aliphatic hydroxyl groups is 2. The van der Waals surface area contributed by atoms with E-state index in [4.69, 9.17) is 23.7 Å². The Kier molecular flexibility index (Phi) is 18.1. The van der Waals surface area contributed by atoms with Crippen molar-refractivity contribution in [2.45, 2.75) is 167 Å². The molecule has 1 aliphatic carbocycles. The number of carbonyl (C=O) groups excluding carboxylic acids is 4. The van der Waals surface area contributed by atoms with Crippen molar-refractivity contribution in [1.29, 1.82) is 0 Å². The molecule has 2 bridgehead atoms. The Labute approximate surface area is 356 Å². The summed E-state index contributed by atoms with van der Waals surface area (Å²) in [6.45, 7) is 11.0. The Morgan fingerprint density at radius 1 is 0.967 bits per heavy atom. The van der Waals surface area contributed by atoms with Gasteiger partial charge in [0.1, 0.15) is 24.0 Å². The van der Waals surface area contributed by atoms with E-state index in [0.29, 0.717) is 56.9 Å². The van der Waals surface area contributed by atoms with Crippen LogP contribution in [0.15, 0.2) is 23.3 Å². The SMILES string of the molecule is CC[C@@H]1C=C(C)C[C@H](C)C[C@H](OC)[C@H]2O[C@@](O)(C(=O)C(=O)N3CCCC[C@H]3C(=O)O[C@H](C(C)=C[C@@H]3CC[C@@H](NS(=O)(=O)O)[C@H](OC)C3)[C@H](C)[C@@H](O)CC1=O)[C@H](C)C[C@@H]2OC. The first-order valence-electron chi connectivity index (χ1n) is 21.5. The van der Waals surface area contributed by atoms with Gasteiger partial charge in [0.2, 0.25) is 5.79 Å². The molecule has 342 valence electrons. The Balaban J connectivity index is 1.75. The number of piperidine rings is 1. The van der Waals surface area contributed by atoms with Crippen molar-refractivity contribution in [3.05, 3.63) is 23.3 Å². The number of esters is 1. The van der Waals surface area contributed by atoms with Gasteiger partial charge >= 0.3 is 16.3 Å². The maximum atomic E-state index is 14.4. The monoisotopic (exact) mass is 870 g/mol. The van der Waals surface area contributed by atoms with Crippen molar-refractivity contribution < 1.29 is 66.0 Å². The van der Waals surface area contributed by atoms with Crippen molar-refractivity contribution >= 4 is 33.7 Å². The fourth-order valence-corrected chi connectivity index (χ4v) is 10.4. The van der Waals surface area contributed by atoms with Gasteiger partial charge in [0.15, 0.2) is 0 Å². The van der Waals surface area contributed by atoms with E-state index in [-0.39, 0.29) is 43.4 Å². The molecule has 0 aromatic rings. The topological polar surface area (TPSA) is 225 Å². The Morgan fingerprint density at radius 2 is 1.62 bits per heavy atom. The van der Waals surface area contributed by atoms with Gasteiger partial charge in [0.25, 0.3) is 11.7 Å². The summed E-state index contributed by atoms with van der Waals surface area (Å²) >= 11 is 0. The predicted molar refractivity (Wildman–Crippen MR) is 221 cm³/mol. The molecule has 1 amide bonds. The molecule has 3 heterocycles. The lowest BCUT2D eigenvalue weighted by molar-refractivity contribution is -0.302. The molecule has 0 unspecified atom stereocenters. The first-order chi connectivity index (χ1) is 28.2. The molecular formula is C43H70N2O14S. The number of hydrogen-bond donors (Lipinski definition) is 4. The number of aliphatic hydroxyl groups excluding tert-OH is 1. The molecule has 4 N–H and O–H groups in total. The summed E-state index contributed by atoms with van der Waals surface area (Å²) in [6.07, 6.45) is 2.79. The number of carbonyl (C=O) groups is 4. The second kappa shape index (κ2) is 21.7. The molecule has 60 heavy (non-hydrogen) atoms. The second-order valence-corrected chi connectivity index (χ2v) is 19.0. The number of ketones is 2. The Morgan fingerprint density at radius 3 is 2.23 bits per heavy atom. The largest absolute Gasteiger partial charge is 0.456 e. The number of fused-ring (bicyclic) bond motifs is 3. The quantitative estimate of drug-likeness (QED) is 0.118. The van der Waals surface area contributed by atoms with Crippen LogP contribution >= 0.6 is 0 Å². The molecular weight excluding hydrogens is 801 g/mol. The standard InChI is InChI=1S/C43H70N2O14S/c1-10-30-18-24(2)17-25(3)19-36(56-8)39-37(57-9)21-27(5)43(51,59-39)40(48)41(49)45-16-12-11-13-32(45)42(50)58-38(28(6)33(46)23-34(30)47)26(4)20-29-14-15-31(35(22-29)55-7)44-60(52,53)54/h18,20,25,27-33,35-39,44,46,51H,10-17,19,21-23H2,1-9H3,(H,52,53,54)/t25-,27+,28+,29-,30+,31+,32-,33-,35+,36-,37-,38+,39+,43+/m0/s1. The average molecular weight is 871 g/mol. The van der Waals surface area contributed by atoms with E-state index in [0.717, 1.165) is 10.5 Å². The summed E-state index contributed by atoms with van der Waals surface area (Å²) in [5, 5.41) is 23.7. The van der Waals surface area contributed by atoms with Crippen molar-refractivity contribution in [3.63, 3.8) is 0 Å². The number of Topliss-reactive ketones (excluding diaryl/α,β-unsaturated/α-hetero) is 2. The van der Waals surface area contributed by atoms with Crippen LogP contribution in [0.4, 0.5) is 0 Å². The van der Waals surface area contributed by atoms with E-state index in [1.807, 2.05) is 32.9 Å². The minimum Gasteiger partial charge on any atom is -0.456 e. The van der Waals surface area contributed by atoms with Gasteiger partial charge in [-0.3, -0.25) is 18.9 Å². The van der Waals surface area contributed by atoms with E-state index in [1.54, 1.807) is 20.8 Å². The molecule has 0 radical (unpaired) electrons. The van der Waals surface area contributed by atoms with Gasteiger partial charge in [0, 0.05) is 52.0 Å². The molecule has 0 spiro atoms. The van der Waals surface area contributed by atoms with Gasteiger partial charge in [-0.1, -0.05) is 45.4 Å². The molecule has 2 saturated heterocycles. The summed E-state index contributed by atoms with van der Waals surface area (Å²) in [7, 11) is 0.00241. The summed E-state index contributed by atoms with van der Waals surface area (Å²) in [4.78, 5) is 57.8. The highest BCUT2D eigenvalue weighted by Crippen LogP contribution is 2.39. The minimum absolute atomic E-state index is 0.00500. The maximum Gasteiger partial charge on any atom is 0.333 e. The summed E-state index contributed by atoms with van der Waals surface area (Å²) in [5.74, 6) is -8.10. The third-order valence-corrected chi connectivity index (χ3v) is 13.8. The molecule has 3 aliphatic heterocycles. The van der Waals surface area contributed by atoms with Gasteiger partial charge in [-0.15, -0.1) is 0 Å². The van der Waals surface area contributed by atoms with Gasteiger partial charge < -0.3 is 38.8 Å². The first kappa shape index (κ1) is 50.0. The smallest absolute Gasteiger partial charge is 0.333 e. The van der Waals surface area contributed by atoms with Crippen LogP contribution in [0.1, 0.15) is 112 Å². The van der Waals surface area contributed by atoms with E-state index in [1.165, 1.54) is 21.3 Å².